The molecule has 0 fully saturated rings. The summed E-state index contributed by atoms with van der Waals surface area (Å²) in [6.45, 7) is 1.90. The van der Waals surface area contributed by atoms with Crippen molar-refractivity contribution >= 4 is 17.7 Å². The Balaban J connectivity index is 2.23. The molecule has 0 heterocycles. The number of methoxy groups -OCH3 is 4. The highest BCUT2D eigenvalue weighted by atomic mass is 16.5. The van der Waals surface area contributed by atoms with Crippen molar-refractivity contribution in [2.75, 3.05) is 33.8 Å². The topological polar surface area (TPSA) is 66.0 Å². The minimum atomic E-state index is -0.272. The van der Waals surface area contributed by atoms with Gasteiger partial charge in [-0.2, -0.15) is 0 Å². The summed E-state index contributed by atoms with van der Waals surface area (Å²) in [5.41, 5.74) is 2.31. The fraction of sp³-hybridized carbons (Fsp3) is 0.250. The molecule has 0 spiro atoms. The molecule has 1 N–H and O–H groups in total. The minimum absolute atomic E-state index is 0.272. The summed E-state index contributed by atoms with van der Waals surface area (Å²) in [5, 5.41) is 2.84. The lowest BCUT2D eigenvalue weighted by molar-refractivity contribution is -0.111. The van der Waals surface area contributed by atoms with Crippen LogP contribution < -0.4 is 24.3 Å². The Labute approximate surface area is 153 Å². The summed E-state index contributed by atoms with van der Waals surface area (Å²) in [6.07, 6.45) is 3.11. The van der Waals surface area contributed by atoms with Crippen LogP contribution in [-0.4, -0.2) is 34.3 Å². The van der Waals surface area contributed by atoms with Crippen LogP contribution in [0.15, 0.2) is 36.4 Å². The van der Waals surface area contributed by atoms with E-state index in [0.29, 0.717) is 28.7 Å². The molecule has 0 aromatic heterocycles. The fourth-order valence-corrected chi connectivity index (χ4v) is 2.51. The second-order valence-electron chi connectivity index (χ2n) is 5.43. The Morgan fingerprint density at radius 3 is 2.08 bits per heavy atom. The standard InChI is InChI=1S/C20H23NO5/c1-13-7-6-8-15(23-2)19(13)21-18(22)10-9-14-11-16(24-3)20(26-5)17(12-14)25-4/h6-12H,1-5H3,(H,21,22). The van der Waals surface area contributed by atoms with Crippen molar-refractivity contribution in [1.82, 2.24) is 0 Å². The molecule has 0 saturated heterocycles. The van der Waals surface area contributed by atoms with Crippen LogP contribution in [0.3, 0.4) is 0 Å². The summed E-state index contributed by atoms with van der Waals surface area (Å²) in [6, 6.07) is 9.10. The van der Waals surface area contributed by atoms with E-state index in [1.807, 2.05) is 19.1 Å². The highest BCUT2D eigenvalue weighted by Gasteiger charge is 2.12. The number of carbonyl (C=O) groups excluding carboxylic acids is 1. The van der Waals surface area contributed by atoms with Gasteiger partial charge in [-0.1, -0.05) is 12.1 Å². The predicted octanol–water partition coefficient (Wildman–Crippen LogP) is 3.68. The van der Waals surface area contributed by atoms with Gasteiger partial charge in [0.25, 0.3) is 0 Å². The van der Waals surface area contributed by atoms with Crippen LogP contribution in [0.2, 0.25) is 0 Å². The lowest BCUT2D eigenvalue weighted by Gasteiger charge is -2.13. The van der Waals surface area contributed by atoms with Gasteiger partial charge in [-0.05, 0) is 42.3 Å². The van der Waals surface area contributed by atoms with Gasteiger partial charge in [0.05, 0.1) is 34.1 Å². The Hall–Kier alpha value is -3.15. The number of ether oxygens (including phenoxy) is 4. The Morgan fingerprint density at radius 1 is 0.923 bits per heavy atom. The van der Waals surface area contributed by atoms with E-state index < -0.39 is 0 Å². The van der Waals surface area contributed by atoms with E-state index in [4.69, 9.17) is 18.9 Å². The molecule has 6 heteroatoms. The predicted molar refractivity (Wildman–Crippen MR) is 101 cm³/mol. The van der Waals surface area contributed by atoms with Crippen molar-refractivity contribution in [1.29, 1.82) is 0 Å². The van der Waals surface area contributed by atoms with E-state index in [0.717, 1.165) is 11.1 Å². The number of para-hydroxylation sites is 1. The van der Waals surface area contributed by atoms with Gasteiger partial charge in [0.1, 0.15) is 5.75 Å². The Kier molecular flexibility index (Phi) is 6.49. The molecule has 0 unspecified atom stereocenters. The van der Waals surface area contributed by atoms with Crippen molar-refractivity contribution in [3.8, 4) is 23.0 Å². The van der Waals surface area contributed by atoms with Crippen LogP contribution in [-0.2, 0) is 4.79 Å². The molecular weight excluding hydrogens is 334 g/mol. The molecule has 0 bridgehead atoms. The first kappa shape index (κ1) is 19.2. The lowest BCUT2D eigenvalue weighted by Crippen LogP contribution is -2.10. The van der Waals surface area contributed by atoms with Crippen LogP contribution in [0.5, 0.6) is 23.0 Å². The highest BCUT2D eigenvalue weighted by molar-refractivity contribution is 6.03. The van der Waals surface area contributed by atoms with E-state index in [-0.39, 0.29) is 5.91 Å². The molecule has 0 radical (unpaired) electrons. The maximum Gasteiger partial charge on any atom is 0.248 e. The summed E-state index contributed by atoms with van der Waals surface area (Å²) < 4.78 is 21.2. The normalized spacial score (nSPS) is 10.5. The van der Waals surface area contributed by atoms with Gasteiger partial charge >= 0.3 is 0 Å². The molecule has 138 valence electrons. The third-order valence-electron chi connectivity index (χ3n) is 3.82. The first-order valence-electron chi connectivity index (χ1n) is 7.96. The molecular formula is C20H23NO5. The number of carbonyl (C=O) groups is 1. The zero-order chi connectivity index (χ0) is 19.1. The number of hydrogen-bond donors (Lipinski definition) is 1. The Bertz CT molecular complexity index is 789. The van der Waals surface area contributed by atoms with Crippen molar-refractivity contribution in [2.24, 2.45) is 0 Å². The van der Waals surface area contributed by atoms with Crippen molar-refractivity contribution in [2.45, 2.75) is 6.92 Å². The van der Waals surface area contributed by atoms with Crippen LogP contribution in [0.25, 0.3) is 6.08 Å². The average Bonchev–Trinajstić information content (AvgIpc) is 2.66. The number of aryl methyl sites for hydroxylation is 1. The van der Waals surface area contributed by atoms with E-state index in [1.165, 1.54) is 6.08 Å². The van der Waals surface area contributed by atoms with E-state index in [9.17, 15) is 4.79 Å². The van der Waals surface area contributed by atoms with Crippen molar-refractivity contribution in [3.05, 3.63) is 47.5 Å². The fourth-order valence-electron chi connectivity index (χ4n) is 2.51. The van der Waals surface area contributed by atoms with Gasteiger partial charge in [0.15, 0.2) is 11.5 Å². The second kappa shape index (κ2) is 8.80. The Morgan fingerprint density at radius 2 is 1.54 bits per heavy atom. The third kappa shape index (κ3) is 4.27. The quantitative estimate of drug-likeness (QED) is 0.766. The number of benzene rings is 2. The zero-order valence-corrected chi connectivity index (χ0v) is 15.6. The number of rotatable bonds is 7. The van der Waals surface area contributed by atoms with Gasteiger partial charge in [0, 0.05) is 6.08 Å². The van der Waals surface area contributed by atoms with Crippen LogP contribution >= 0.6 is 0 Å². The lowest BCUT2D eigenvalue weighted by atomic mass is 10.1. The maximum atomic E-state index is 12.3. The number of nitrogens with one attached hydrogen (secondary N) is 1. The van der Waals surface area contributed by atoms with Crippen molar-refractivity contribution < 1.29 is 23.7 Å². The number of hydrogen-bond acceptors (Lipinski definition) is 5. The van der Waals surface area contributed by atoms with E-state index in [2.05, 4.69) is 5.32 Å². The van der Waals surface area contributed by atoms with Crippen LogP contribution in [0.4, 0.5) is 5.69 Å². The smallest absolute Gasteiger partial charge is 0.248 e. The molecule has 0 aliphatic rings. The van der Waals surface area contributed by atoms with Crippen molar-refractivity contribution in [3.63, 3.8) is 0 Å². The van der Waals surface area contributed by atoms with E-state index >= 15 is 0 Å². The largest absolute Gasteiger partial charge is 0.495 e. The molecule has 2 rings (SSSR count). The first-order chi connectivity index (χ1) is 12.5. The first-order valence-corrected chi connectivity index (χ1v) is 7.96. The summed E-state index contributed by atoms with van der Waals surface area (Å²) in [4.78, 5) is 12.3. The van der Waals surface area contributed by atoms with Crippen LogP contribution in [0.1, 0.15) is 11.1 Å². The molecule has 0 aliphatic carbocycles. The summed E-state index contributed by atoms with van der Waals surface area (Å²) in [7, 11) is 6.19. The third-order valence-corrected chi connectivity index (χ3v) is 3.82. The molecule has 1 amide bonds. The molecule has 6 nitrogen and oxygen atoms in total. The van der Waals surface area contributed by atoms with Gasteiger partial charge in [-0.3, -0.25) is 4.79 Å². The molecule has 0 atom stereocenters. The zero-order valence-electron chi connectivity index (χ0n) is 15.6. The van der Waals surface area contributed by atoms with E-state index in [1.54, 1.807) is 52.7 Å². The average molecular weight is 357 g/mol. The highest BCUT2D eigenvalue weighted by Crippen LogP contribution is 2.38. The minimum Gasteiger partial charge on any atom is -0.495 e. The van der Waals surface area contributed by atoms with Gasteiger partial charge < -0.3 is 24.3 Å². The summed E-state index contributed by atoms with van der Waals surface area (Å²) >= 11 is 0. The summed E-state index contributed by atoms with van der Waals surface area (Å²) in [5.74, 6) is 1.88. The van der Waals surface area contributed by atoms with Gasteiger partial charge in [0.2, 0.25) is 11.7 Å². The molecule has 0 aliphatic heterocycles. The number of anilines is 1. The SMILES string of the molecule is COc1cccc(C)c1NC(=O)C=Cc1cc(OC)c(OC)c(OC)c1. The maximum absolute atomic E-state index is 12.3. The monoisotopic (exact) mass is 357 g/mol. The van der Waals surface area contributed by atoms with Gasteiger partial charge in [-0.15, -0.1) is 0 Å². The van der Waals surface area contributed by atoms with Gasteiger partial charge in [-0.25, -0.2) is 0 Å². The molecule has 2 aromatic carbocycles. The number of amides is 1. The van der Waals surface area contributed by atoms with Crippen LogP contribution in [0, 0.1) is 6.92 Å². The second-order valence-corrected chi connectivity index (χ2v) is 5.43. The molecule has 26 heavy (non-hydrogen) atoms. The molecule has 0 saturated carbocycles. The molecule has 2 aromatic rings.